The van der Waals surface area contributed by atoms with Gasteiger partial charge in [-0.3, -0.25) is 9.69 Å². The highest BCUT2D eigenvalue weighted by atomic mass is 79.9. The Balaban J connectivity index is 1.40. The van der Waals surface area contributed by atoms with Crippen LogP contribution in [-0.2, 0) is 10.0 Å². The van der Waals surface area contributed by atoms with E-state index in [0.29, 0.717) is 62.0 Å². The summed E-state index contributed by atoms with van der Waals surface area (Å²) in [5.41, 5.74) is 1.52. The van der Waals surface area contributed by atoms with Gasteiger partial charge in [-0.2, -0.15) is 4.31 Å². The first kappa shape index (κ1) is 29.8. The van der Waals surface area contributed by atoms with E-state index in [0.717, 1.165) is 15.8 Å². The van der Waals surface area contributed by atoms with Gasteiger partial charge >= 0.3 is 0 Å². The maximum atomic E-state index is 13.5. The topological polar surface area (TPSA) is 79.4 Å². The first-order valence-corrected chi connectivity index (χ1v) is 15.3. The van der Waals surface area contributed by atoms with Crippen LogP contribution in [0.25, 0.3) is 6.08 Å². The van der Waals surface area contributed by atoms with Gasteiger partial charge in [0.25, 0.3) is 5.91 Å². The first-order valence-electron chi connectivity index (χ1n) is 13.0. The summed E-state index contributed by atoms with van der Waals surface area (Å²) < 4.78 is 39.2. The van der Waals surface area contributed by atoms with Gasteiger partial charge in [0.1, 0.15) is 11.5 Å². The van der Waals surface area contributed by atoms with Gasteiger partial charge < -0.3 is 14.4 Å². The molecule has 0 atom stereocenters. The number of ether oxygens (including phenoxy) is 2. The quantitative estimate of drug-likeness (QED) is 0.308. The third-order valence-corrected chi connectivity index (χ3v) is 9.30. The minimum absolute atomic E-state index is 0.0798. The summed E-state index contributed by atoms with van der Waals surface area (Å²) in [5.74, 6) is 1.38. The molecule has 8 nitrogen and oxygen atoms in total. The third-order valence-electron chi connectivity index (χ3n) is 6.86. The van der Waals surface area contributed by atoms with Gasteiger partial charge in [0.15, 0.2) is 0 Å². The molecule has 0 aromatic heterocycles. The Labute approximate surface area is 245 Å². The molecule has 212 valence electrons. The summed E-state index contributed by atoms with van der Waals surface area (Å²) >= 11 is 3.35. The van der Waals surface area contributed by atoms with Crippen molar-refractivity contribution in [1.29, 1.82) is 0 Å². The summed E-state index contributed by atoms with van der Waals surface area (Å²) in [5, 5.41) is 0. The molecule has 1 aliphatic rings. The van der Waals surface area contributed by atoms with Crippen molar-refractivity contribution >= 4 is 37.9 Å². The summed E-state index contributed by atoms with van der Waals surface area (Å²) in [6.07, 6.45) is 3.92. The second-order valence-corrected chi connectivity index (χ2v) is 12.2. The molecular weight excluding hydrogens is 594 g/mol. The Hall–Kier alpha value is -3.18. The number of carbonyl (C=O) groups is 1. The van der Waals surface area contributed by atoms with Crippen molar-refractivity contribution in [2.24, 2.45) is 0 Å². The Kier molecular flexibility index (Phi) is 10.4. The maximum Gasteiger partial charge on any atom is 0.254 e. The van der Waals surface area contributed by atoms with Gasteiger partial charge in [0, 0.05) is 61.4 Å². The van der Waals surface area contributed by atoms with Gasteiger partial charge in [0.05, 0.1) is 19.1 Å². The lowest BCUT2D eigenvalue weighted by atomic mass is 10.1. The highest BCUT2D eigenvalue weighted by Crippen LogP contribution is 2.21. The van der Waals surface area contributed by atoms with E-state index < -0.39 is 10.0 Å². The van der Waals surface area contributed by atoms with E-state index >= 15 is 0 Å². The van der Waals surface area contributed by atoms with Crippen LogP contribution in [0.15, 0.2) is 88.2 Å². The summed E-state index contributed by atoms with van der Waals surface area (Å²) in [4.78, 5) is 17.8. The standard InChI is InChI=1S/C30H34BrN3O5S/c1-38-27-13-9-25(10-14-27)30(35)33(17-5-7-24-6-3-4-8-29(24)39-2)21-18-32-19-22-34(23-20-32)40(36,37)28-15-11-26(31)12-16-28/h3-16H,17-23H2,1-2H3/b7-5+. The molecule has 0 aliphatic carbocycles. The summed E-state index contributed by atoms with van der Waals surface area (Å²) in [7, 11) is -0.313. The van der Waals surface area contributed by atoms with Crippen LogP contribution in [0.3, 0.4) is 0 Å². The lowest BCUT2D eigenvalue weighted by molar-refractivity contribution is 0.0745. The number of sulfonamides is 1. The number of carbonyl (C=O) groups excluding carboxylic acids is 1. The van der Waals surface area contributed by atoms with Gasteiger partial charge in [-0.05, 0) is 54.6 Å². The highest BCUT2D eigenvalue weighted by molar-refractivity contribution is 9.10. The molecule has 0 radical (unpaired) electrons. The third kappa shape index (κ3) is 7.51. The Bertz CT molecular complexity index is 1400. The van der Waals surface area contributed by atoms with E-state index in [-0.39, 0.29) is 5.91 Å². The number of hydrogen-bond donors (Lipinski definition) is 0. The number of hydrogen-bond acceptors (Lipinski definition) is 6. The number of amides is 1. The van der Waals surface area contributed by atoms with E-state index in [1.54, 1.807) is 67.7 Å². The summed E-state index contributed by atoms with van der Waals surface area (Å²) in [6.45, 7) is 3.55. The Morgan fingerprint density at radius 1 is 0.925 bits per heavy atom. The van der Waals surface area contributed by atoms with Crippen LogP contribution < -0.4 is 9.47 Å². The van der Waals surface area contributed by atoms with Gasteiger partial charge in [-0.25, -0.2) is 8.42 Å². The highest BCUT2D eigenvalue weighted by Gasteiger charge is 2.28. The van der Waals surface area contributed by atoms with Crippen molar-refractivity contribution < 1.29 is 22.7 Å². The summed E-state index contributed by atoms with van der Waals surface area (Å²) in [6, 6.07) is 21.5. The molecule has 1 aliphatic heterocycles. The zero-order valence-electron chi connectivity index (χ0n) is 22.7. The minimum Gasteiger partial charge on any atom is -0.497 e. The zero-order chi connectivity index (χ0) is 28.5. The largest absolute Gasteiger partial charge is 0.497 e. The molecule has 0 N–H and O–H groups in total. The lowest BCUT2D eigenvalue weighted by Gasteiger charge is -2.35. The fraction of sp³-hybridized carbons (Fsp3) is 0.300. The van der Waals surface area contributed by atoms with Crippen LogP contribution in [0.1, 0.15) is 15.9 Å². The van der Waals surface area contributed by atoms with E-state index in [1.807, 2.05) is 36.4 Å². The SMILES string of the molecule is COc1ccc(C(=O)N(C/C=C/c2ccccc2OC)CCN2CCN(S(=O)(=O)c3ccc(Br)cc3)CC2)cc1. The average molecular weight is 629 g/mol. The van der Waals surface area contributed by atoms with Crippen LogP contribution in [0, 0.1) is 0 Å². The van der Waals surface area contributed by atoms with Crippen LogP contribution in [0.5, 0.6) is 11.5 Å². The number of methoxy groups -OCH3 is 2. The molecule has 1 fully saturated rings. The molecular formula is C30H34BrN3O5S. The van der Waals surface area contributed by atoms with Crippen molar-refractivity contribution in [2.75, 3.05) is 60.0 Å². The molecule has 3 aromatic carbocycles. The molecule has 10 heteroatoms. The smallest absolute Gasteiger partial charge is 0.254 e. The molecule has 1 heterocycles. The van der Waals surface area contributed by atoms with E-state index in [1.165, 1.54) is 4.31 Å². The van der Waals surface area contributed by atoms with Crippen LogP contribution >= 0.6 is 15.9 Å². The van der Waals surface area contributed by atoms with Crippen molar-refractivity contribution in [3.8, 4) is 11.5 Å². The monoisotopic (exact) mass is 627 g/mol. The number of nitrogens with zero attached hydrogens (tertiary/aromatic N) is 3. The Morgan fingerprint density at radius 3 is 2.25 bits per heavy atom. The molecule has 1 saturated heterocycles. The van der Waals surface area contributed by atoms with Crippen molar-refractivity contribution in [1.82, 2.24) is 14.1 Å². The molecule has 0 spiro atoms. The van der Waals surface area contributed by atoms with E-state index in [9.17, 15) is 13.2 Å². The fourth-order valence-electron chi connectivity index (χ4n) is 4.51. The number of rotatable bonds is 11. The van der Waals surface area contributed by atoms with Crippen molar-refractivity contribution in [3.05, 3.63) is 94.5 Å². The van der Waals surface area contributed by atoms with E-state index in [2.05, 4.69) is 20.8 Å². The van der Waals surface area contributed by atoms with E-state index in [4.69, 9.17) is 9.47 Å². The fourth-order valence-corrected chi connectivity index (χ4v) is 6.20. The van der Waals surface area contributed by atoms with Crippen LogP contribution in [0.2, 0.25) is 0 Å². The molecule has 1 amide bonds. The molecule has 40 heavy (non-hydrogen) atoms. The van der Waals surface area contributed by atoms with Crippen molar-refractivity contribution in [2.45, 2.75) is 4.90 Å². The Morgan fingerprint density at radius 2 is 1.60 bits per heavy atom. The average Bonchev–Trinajstić information content (AvgIpc) is 2.99. The minimum atomic E-state index is -3.54. The molecule has 0 saturated carbocycles. The van der Waals surface area contributed by atoms with Crippen molar-refractivity contribution in [3.63, 3.8) is 0 Å². The number of piperazine rings is 1. The number of halogens is 1. The second kappa shape index (κ2) is 13.9. The molecule has 4 rings (SSSR count). The lowest BCUT2D eigenvalue weighted by Crippen LogP contribution is -2.50. The normalized spacial score (nSPS) is 14.8. The first-order chi connectivity index (χ1) is 19.3. The number of benzene rings is 3. The predicted molar refractivity (Wildman–Crippen MR) is 160 cm³/mol. The molecule has 3 aromatic rings. The maximum absolute atomic E-state index is 13.5. The van der Waals surface area contributed by atoms with Crippen LogP contribution in [-0.4, -0.2) is 88.5 Å². The second-order valence-electron chi connectivity index (χ2n) is 9.32. The zero-order valence-corrected chi connectivity index (χ0v) is 25.1. The molecule has 0 bridgehead atoms. The van der Waals surface area contributed by atoms with Gasteiger partial charge in [-0.15, -0.1) is 0 Å². The van der Waals surface area contributed by atoms with Gasteiger partial charge in [-0.1, -0.05) is 46.3 Å². The van der Waals surface area contributed by atoms with Crippen LogP contribution in [0.4, 0.5) is 0 Å². The van der Waals surface area contributed by atoms with Gasteiger partial charge in [0.2, 0.25) is 10.0 Å². The number of para-hydroxylation sites is 1. The molecule has 0 unspecified atom stereocenters. The predicted octanol–water partition coefficient (Wildman–Crippen LogP) is 4.63.